The lowest BCUT2D eigenvalue weighted by molar-refractivity contribution is -0.130. The summed E-state index contributed by atoms with van der Waals surface area (Å²) in [7, 11) is 3.94. The zero-order chi connectivity index (χ0) is 16.8. The summed E-state index contributed by atoms with van der Waals surface area (Å²) in [5.41, 5.74) is 2.51. The number of hydrogen-bond donors (Lipinski definition) is 1. The van der Waals surface area contributed by atoms with Gasteiger partial charge >= 0.3 is 0 Å². The second-order valence-electron chi connectivity index (χ2n) is 6.76. The molecule has 0 radical (unpaired) electrons. The van der Waals surface area contributed by atoms with Crippen molar-refractivity contribution in [1.82, 2.24) is 9.80 Å². The first-order chi connectivity index (χ1) is 11.0. The fraction of sp³-hybridized carbons (Fsp3) is 0.526. The maximum Gasteiger partial charge on any atom is 0.246 e. The Hall–Kier alpha value is -1.65. The number of likely N-dealkylation sites (tertiary alicyclic amines) is 1. The molecule has 1 aromatic carbocycles. The van der Waals surface area contributed by atoms with E-state index in [-0.39, 0.29) is 11.8 Å². The maximum absolute atomic E-state index is 12.1. The van der Waals surface area contributed by atoms with Crippen molar-refractivity contribution in [2.75, 3.05) is 33.7 Å². The van der Waals surface area contributed by atoms with Gasteiger partial charge < -0.3 is 14.9 Å². The molecule has 0 spiro atoms. The Morgan fingerprint density at radius 2 is 2.22 bits per heavy atom. The highest BCUT2D eigenvalue weighted by atomic mass is 16.3. The molecule has 0 unspecified atom stereocenters. The molecule has 0 aromatic heterocycles. The number of hydrogen-bond acceptors (Lipinski definition) is 3. The lowest BCUT2D eigenvalue weighted by Crippen LogP contribution is -2.46. The Bertz CT molecular complexity index is 554. The second kappa shape index (κ2) is 8.27. The average molecular weight is 316 g/mol. The van der Waals surface area contributed by atoms with E-state index in [0.717, 1.165) is 25.9 Å². The summed E-state index contributed by atoms with van der Waals surface area (Å²) in [5.74, 6) is 0.228. The smallest absolute Gasteiger partial charge is 0.246 e. The monoisotopic (exact) mass is 316 g/mol. The van der Waals surface area contributed by atoms with Gasteiger partial charge in [-0.2, -0.15) is 0 Å². The number of piperidine rings is 1. The van der Waals surface area contributed by atoms with E-state index in [0.29, 0.717) is 6.54 Å². The van der Waals surface area contributed by atoms with Crippen LogP contribution in [-0.4, -0.2) is 60.6 Å². The second-order valence-corrected chi connectivity index (χ2v) is 6.76. The Morgan fingerprint density at radius 3 is 2.87 bits per heavy atom. The van der Waals surface area contributed by atoms with Crippen molar-refractivity contribution in [2.45, 2.75) is 25.9 Å². The van der Waals surface area contributed by atoms with Crippen molar-refractivity contribution >= 4 is 5.91 Å². The van der Waals surface area contributed by atoms with Gasteiger partial charge in [-0.3, -0.25) is 4.79 Å². The van der Waals surface area contributed by atoms with Crippen LogP contribution >= 0.6 is 0 Å². The summed E-state index contributed by atoms with van der Waals surface area (Å²) in [4.78, 5) is 15.9. The van der Waals surface area contributed by atoms with Crippen LogP contribution in [0, 0.1) is 12.8 Å². The van der Waals surface area contributed by atoms with Crippen molar-refractivity contribution in [3.63, 3.8) is 0 Å². The minimum absolute atomic E-state index is 0.0000874. The largest absolute Gasteiger partial charge is 0.391 e. The number of nitrogens with zero attached hydrogens (tertiary/aromatic N) is 2. The highest BCUT2D eigenvalue weighted by Gasteiger charge is 2.29. The molecule has 4 nitrogen and oxygen atoms in total. The fourth-order valence-corrected chi connectivity index (χ4v) is 3.03. The molecule has 1 saturated heterocycles. The SMILES string of the molecule is Cc1cccc(C[C@H]2CCN(C(=O)C=CCN(C)C)C[C@H]2O)c1. The number of amides is 1. The van der Waals surface area contributed by atoms with Crippen molar-refractivity contribution in [1.29, 1.82) is 0 Å². The van der Waals surface area contributed by atoms with Crippen LogP contribution in [0.15, 0.2) is 36.4 Å². The lowest BCUT2D eigenvalue weighted by atomic mass is 9.87. The molecule has 23 heavy (non-hydrogen) atoms. The van der Waals surface area contributed by atoms with Crippen LogP contribution in [0.2, 0.25) is 0 Å². The molecule has 0 saturated carbocycles. The number of likely N-dealkylation sites (N-methyl/N-ethyl adjacent to an activating group) is 1. The van der Waals surface area contributed by atoms with Crippen LogP contribution in [0.25, 0.3) is 0 Å². The van der Waals surface area contributed by atoms with Gasteiger partial charge in [-0.15, -0.1) is 0 Å². The first kappa shape index (κ1) is 17.7. The number of carbonyl (C=O) groups excluding carboxylic acids is 1. The van der Waals surface area contributed by atoms with Gasteiger partial charge in [0.15, 0.2) is 0 Å². The third-order valence-electron chi connectivity index (χ3n) is 4.34. The summed E-state index contributed by atoms with van der Waals surface area (Å²) in [6.45, 7) is 3.99. The van der Waals surface area contributed by atoms with Gasteiger partial charge in [-0.1, -0.05) is 35.9 Å². The third-order valence-corrected chi connectivity index (χ3v) is 4.34. The van der Waals surface area contributed by atoms with Crippen LogP contribution in [0.5, 0.6) is 0 Å². The van der Waals surface area contributed by atoms with E-state index in [1.54, 1.807) is 11.0 Å². The summed E-state index contributed by atoms with van der Waals surface area (Å²) < 4.78 is 0. The standard InChI is InChI=1S/C19H28N2O2/c1-15-6-4-7-16(12-15)13-17-9-11-21(14-18(17)22)19(23)8-5-10-20(2)3/h4-8,12,17-18,22H,9-11,13-14H2,1-3H3/t17-,18-/m1/s1. The Balaban J connectivity index is 1.87. The summed E-state index contributed by atoms with van der Waals surface area (Å²) in [5, 5.41) is 10.4. The van der Waals surface area contributed by atoms with E-state index in [4.69, 9.17) is 0 Å². The Morgan fingerprint density at radius 1 is 1.43 bits per heavy atom. The van der Waals surface area contributed by atoms with E-state index in [1.165, 1.54) is 11.1 Å². The minimum atomic E-state index is -0.449. The van der Waals surface area contributed by atoms with Crippen molar-refractivity contribution in [3.05, 3.63) is 47.5 Å². The minimum Gasteiger partial charge on any atom is -0.391 e. The number of aliphatic hydroxyl groups excluding tert-OH is 1. The quantitative estimate of drug-likeness (QED) is 0.843. The highest BCUT2D eigenvalue weighted by molar-refractivity contribution is 5.87. The molecule has 0 aliphatic carbocycles. The van der Waals surface area contributed by atoms with Gasteiger partial charge in [-0.05, 0) is 45.3 Å². The first-order valence-electron chi connectivity index (χ1n) is 8.29. The molecule has 1 aromatic rings. The van der Waals surface area contributed by atoms with Gasteiger partial charge in [0.05, 0.1) is 6.10 Å². The molecule has 1 amide bonds. The van der Waals surface area contributed by atoms with E-state index >= 15 is 0 Å². The first-order valence-corrected chi connectivity index (χ1v) is 8.29. The number of carbonyl (C=O) groups is 1. The van der Waals surface area contributed by atoms with Crippen molar-refractivity contribution in [3.8, 4) is 0 Å². The van der Waals surface area contributed by atoms with Crippen LogP contribution in [0.4, 0.5) is 0 Å². The molecule has 1 fully saturated rings. The number of β-amino-alcohol motifs (C(OH)–C–C–N with tert-alkyl or cyclic N) is 1. The number of aryl methyl sites for hydroxylation is 1. The molecule has 126 valence electrons. The topological polar surface area (TPSA) is 43.8 Å². The van der Waals surface area contributed by atoms with Crippen molar-refractivity contribution in [2.24, 2.45) is 5.92 Å². The van der Waals surface area contributed by atoms with E-state index in [2.05, 4.69) is 31.2 Å². The van der Waals surface area contributed by atoms with Crippen LogP contribution < -0.4 is 0 Å². The predicted molar refractivity (Wildman–Crippen MR) is 93.3 cm³/mol. The molecular formula is C19H28N2O2. The molecule has 2 atom stereocenters. The van der Waals surface area contributed by atoms with E-state index < -0.39 is 6.10 Å². The Kier molecular flexibility index (Phi) is 6.37. The molecule has 1 aliphatic rings. The zero-order valence-electron chi connectivity index (χ0n) is 14.4. The summed E-state index contributed by atoms with van der Waals surface area (Å²) in [6, 6.07) is 8.43. The van der Waals surface area contributed by atoms with Crippen LogP contribution in [0.1, 0.15) is 17.5 Å². The van der Waals surface area contributed by atoms with Crippen LogP contribution in [-0.2, 0) is 11.2 Å². The molecule has 2 rings (SSSR count). The van der Waals surface area contributed by atoms with Gasteiger partial charge in [0, 0.05) is 25.7 Å². The van der Waals surface area contributed by atoms with E-state index in [1.807, 2.05) is 25.1 Å². The lowest BCUT2D eigenvalue weighted by Gasteiger charge is -2.35. The average Bonchev–Trinajstić information content (AvgIpc) is 2.49. The summed E-state index contributed by atoms with van der Waals surface area (Å²) >= 11 is 0. The van der Waals surface area contributed by atoms with Gasteiger partial charge in [0.25, 0.3) is 0 Å². The number of aliphatic hydroxyl groups is 1. The molecule has 4 heteroatoms. The fourth-order valence-electron chi connectivity index (χ4n) is 3.03. The maximum atomic E-state index is 12.1. The van der Waals surface area contributed by atoms with Crippen LogP contribution in [0.3, 0.4) is 0 Å². The van der Waals surface area contributed by atoms with E-state index in [9.17, 15) is 9.90 Å². The Labute approximate surface area is 139 Å². The molecule has 1 aliphatic heterocycles. The zero-order valence-corrected chi connectivity index (χ0v) is 14.4. The molecular weight excluding hydrogens is 288 g/mol. The van der Waals surface area contributed by atoms with Gasteiger partial charge in [0.2, 0.25) is 5.91 Å². The number of rotatable bonds is 5. The van der Waals surface area contributed by atoms with Gasteiger partial charge in [0.1, 0.15) is 0 Å². The molecule has 0 bridgehead atoms. The molecule has 1 heterocycles. The number of benzene rings is 1. The summed E-state index contributed by atoms with van der Waals surface area (Å²) in [6.07, 6.45) is 4.76. The van der Waals surface area contributed by atoms with Gasteiger partial charge in [-0.25, -0.2) is 0 Å². The van der Waals surface area contributed by atoms with Crippen molar-refractivity contribution < 1.29 is 9.90 Å². The third kappa shape index (κ3) is 5.48. The normalized spacial score (nSPS) is 22.0. The molecule has 1 N–H and O–H groups in total. The highest BCUT2D eigenvalue weighted by Crippen LogP contribution is 2.23. The predicted octanol–water partition coefficient (Wildman–Crippen LogP) is 1.86.